The molecule has 1 saturated heterocycles. The second-order valence-electron chi connectivity index (χ2n) is 8.11. The molecule has 1 aliphatic heterocycles. The molecule has 162 valence electrons. The van der Waals surface area contributed by atoms with Gasteiger partial charge in [-0.25, -0.2) is 9.97 Å². The second kappa shape index (κ2) is 10.6. The molecule has 7 heteroatoms. The van der Waals surface area contributed by atoms with Crippen LogP contribution in [0, 0.1) is 0 Å². The van der Waals surface area contributed by atoms with Crippen LogP contribution in [0.15, 0.2) is 29.3 Å². The predicted molar refractivity (Wildman–Crippen MR) is 121 cm³/mol. The monoisotopic (exact) mass is 428 g/mol. The second-order valence-corrected chi connectivity index (χ2v) is 9.07. The first kappa shape index (κ1) is 21.5. The maximum Gasteiger partial charge on any atom is 0.233 e. The van der Waals surface area contributed by atoms with Gasteiger partial charge in [-0.05, 0) is 25.8 Å². The first-order valence-corrected chi connectivity index (χ1v) is 12.2. The molecule has 1 amide bonds. The summed E-state index contributed by atoms with van der Waals surface area (Å²) in [6.45, 7) is 6.94. The molecule has 30 heavy (non-hydrogen) atoms. The van der Waals surface area contributed by atoms with E-state index in [9.17, 15) is 4.79 Å². The molecule has 0 atom stereocenters. The van der Waals surface area contributed by atoms with Crippen LogP contribution in [0.3, 0.4) is 0 Å². The van der Waals surface area contributed by atoms with Crippen LogP contribution < -0.4 is 0 Å². The van der Waals surface area contributed by atoms with E-state index in [0.29, 0.717) is 11.8 Å². The highest BCUT2D eigenvalue weighted by Gasteiger charge is 2.24. The summed E-state index contributed by atoms with van der Waals surface area (Å²) in [5.41, 5.74) is 0.949. The maximum atomic E-state index is 13.0. The van der Waals surface area contributed by atoms with Crippen molar-refractivity contribution in [3.05, 3.63) is 30.1 Å². The lowest BCUT2D eigenvalue weighted by Crippen LogP contribution is -2.42. The van der Waals surface area contributed by atoms with Gasteiger partial charge in [0, 0.05) is 31.1 Å². The Hall–Kier alpha value is -1.70. The molecular weight excluding hydrogens is 396 g/mol. The number of hydrogen-bond donors (Lipinski definition) is 0. The van der Waals surface area contributed by atoms with Gasteiger partial charge < -0.3 is 9.64 Å². The minimum Gasteiger partial charge on any atom is -0.379 e. The number of amides is 1. The van der Waals surface area contributed by atoms with Crippen LogP contribution in [0.2, 0.25) is 0 Å². The summed E-state index contributed by atoms with van der Waals surface area (Å²) in [5, 5.41) is 1.94. The molecule has 0 unspecified atom stereocenters. The predicted octanol–water partition coefficient (Wildman–Crippen LogP) is 3.74. The molecule has 1 aromatic carbocycles. The number of aromatic nitrogens is 2. The number of benzene rings is 1. The van der Waals surface area contributed by atoms with Gasteiger partial charge in [-0.1, -0.05) is 49.2 Å². The Kier molecular flexibility index (Phi) is 7.57. The summed E-state index contributed by atoms with van der Waals surface area (Å²) in [6, 6.07) is 8.52. The number of morpholine rings is 1. The lowest BCUT2D eigenvalue weighted by Gasteiger charge is -2.33. The first-order chi connectivity index (χ1) is 14.7. The fourth-order valence-electron chi connectivity index (χ4n) is 4.48. The van der Waals surface area contributed by atoms with Gasteiger partial charge >= 0.3 is 0 Å². The van der Waals surface area contributed by atoms with Crippen molar-refractivity contribution >= 4 is 28.6 Å². The summed E-state index contributed by atoms with van der Waals surface area (Å²) in [4.78, 5) is 27.1. The van der Waals surface area contributed by atoms with E-state index in [1.54, 1.807) is 11.8 Å². The Morgan fingerprint density at radius 1 is 1.17 bits per heavy atom. The Morgan fingerprint density at radius 2 is 1.93 bits per heavy atom. The Morgan fingerprint density at radius 3 is 2.70 bits per heavy atom. The van der Waals surface area contributed by atoms with Gasteiger partial charge in [-0.3, -0.25) is 9.69 Å². The highest BCUT2D eigenvalue weighted by atomic mass is 32.2. The van der Waals surface area contributed by atoms with Gasteiger partial charge in [-0.15, -0.1) is 0 Å². The molecule has 0 radical (unpaired) electrons. The standard InChI is InChI=1S/C23H32N4O2S/c1-2-27(18-8-4-3-5-9-18)22(28)17-30-23-19-10-6-7-11-20(19)24-21(25-23)16-26-12-14-29-15-13-26/h6-7,10-11,18H,2-5,8-9,12-17H2,1H3. The molecule has 0 N–H and O–H groups in total. The average Bonchev–Trinajstić information content (AvgIpc) is 2.79. The minimum atomic E-state index is 0.229. The van der Waals surface area contributed by atoms with Crippen molar-refractivity contribution in [3.63, 3.8) is 0 Å². The summed E-state index contributed by atoms with van der Waals surface area (Å²) in [6.07, 6.45) is 6.07. The van der Waals surface area contributed by atoms with E-state index in [-0.39, 0.29) is 5.91 Å². The van der Waals surface area contributed by atoms with E-state index >= 15 is 0 Å². The minimum absolute atomic E-state index is 0.229. The van der Waals surface area contributed by atoms with Crippen LogP contribution >= 0.6 is 11.8 Å². The molecule has 2 fully saturated rings. The van der Waals surface area contributed by atoms with Crippen LogP contribution in [0.4, 0.5) is 0 Å². The van der Waals surface area contributed by atoms with E-state index in [2.05, 4.69) is 22.8 Å². The normalized spacial score (nSPS) is 18.6. The number of nitrogens with zero attached hydrogens (tertiary/aromatic N) is 4. The number of para-hydroxylation sites is 1. The van der Waals surface area contributed by atoms with Gasteiger partial charge in [0.25, 0.3) is 0 Å². The van der Waals surface area contributed by atoms with Crippen LogP contribution in [0.5, 0.6) is 0 Å². The third-order valence-corrected chi connectivity index (χ3v) is 7.07. The summed E-state index contributed by atoms with van der Waals surface area (Å²) in [7, 11) is 0. The number of rotatable bonds is 7. The Labute approximate surface area is 183 Å². The molecule has 1 saturated carbocycles. The largest absolute Gasteiger partial charge is 0.379 e. The Balaban J connectivity index is 1.48. The average molecular weight is 429 g/mol. The summed E-state index contributed by atoms with van der Waals surface area (Å²) >= 11 is 1.56. The highest BCUT2D eigenvalue weighted by molar-refractivity contribution is 8.00. The van der Waals surface area contributed by atoms with Crippen molar-refractivity contribution < 1.29 is 9.53 Å². The molecule has 1 aromatic heterocycles. The summed E-state index contributed by atoms with van der Waals surface area (Å²) in [5.74, 6) is 1.49. The van der Waals surface area contributed by atoms with Crippen molar-refractivity contribution in [1.82, 2.24) is 19.8 Å². The molecule has 6 nitrogen and oxygen atoms in total. The van der Waals surface area contributed by atoms with Crippen molar-refractivity contribution in [3.8, 4) is 0 Å². The lowest BCUT2D eigenvalue weighted by molar-refractivity contribution is -0.131. The molecule has 4 rings (SSSR count). The zero-order valence-corrected chi connectivity index (χ0v) is 18.7. The molecule has 2 heterocycles. The third-order valence-electron chi connectivity index (χ3n) is 6.09. The van der Waals surface area contributed by atoms with Crippen molar-refractivity contribution in [2.45, 2.75) is 56.6 Å². The number of thioether (sulfide) groups is 1. The van der Waals surface area contributed by atoms with Gasteiger partial charge in [0.15, 0.2) is 0 Å². The molecular formula is C23H32N4O2S. The molecule has 1 aliphatic carbocycles. The zero-order chi connectivity index (χ0) is 20.8. The van der Waals surface area contributed by atoms with Crippen LogP contribution in [-0.4, -0.2) is 70.3 Å². The third kappa shape index (κ3) is 5.31. The van der Waals surface area contributed by atoms with Crippen LogP contribution in [0.25, 0.3) is 10.9 Å². The molecule has 2 aliphatic rings. The van der Waals surface area contributed by atoms with E-state index in [0.717, 1.165) is 74.0 Å². The first-order valence-electron chi connectivity index (χ1n) is 11.2. The SMILES string of the molecule is CCN(C(=O)CSc1nc(CN2CCOCC2)nc2ccccc12)C1CCCCC1. The number of carbonyl (C=O) groups is 1. The molecule has 0 spiro atoms. The quantitative estimate of drug-likeness (QED) is 0.495. The van der Waals surface area contributed by atoms with E-state index in [4.69, 9.17) is 14.7 Å². The smallest absolute Gasteiger partial charge is 0.233 e. The molecule has 0 bridgehead atoms. The number of hydrogen-bond acceptors (Lipinski definition) is 6. The van der Waals surface area contributed by atoms with Crippen LogP contribution in [-0.2, 0) is 16.1 Å². The van der Waals surface area contributed by atoms with Crippen molar-refractivity contribution in [1.29, 1.82) is 0 Å². The molecule has 2 aromatic rings. The van der Waals surface area contributed by atoms with Gasteiger partial charge in [0.2, 0.25) is 5.91 Å². The lowest BCUT2D eigenvalue weighted by atomic mass is 9.94. The van der Waals surface area contributed by atoms with E-state index in [1.165, 1.54) is 19.3 Å². The topological polar surface area (TPSA) is 58.6 Å². The van der Waals surface area contributed by atoms with E-state index in [1.807, 2.05) is 18.2 Å². The summed E-state index contributed by atoms with van der Waals surface area (Å²) < 4.78 is 5.45. The van der Waals surface area contributed by atoms with E-state index < -0.39 is 0 Å². The fraction of sp³-hybridized carbons (Fsp3) is 0.609. The van der Waals surface area contributed by atoms with Gasteiger partial charge in [0.1, 0.15) is 10.9 Å². The highest BCUT2D eigenvalue weighted by Crippen LogP contribution is 2.28. The zero-order valence-electron chi connectivity index (χ0n) is 17.9. The maximum absolute atomic E-state index is 13.0. The van der Waals surface area contributed by atoms with Gasteiger partial charge in [0.05, 0.1) is 31.0 Å². The van der Waals surface area contributed by atoms with Crippen molar-refractivity contribution in [2.24, 2.45) is 0 Å². The number of fused-ring (bicyclic) bond motifs is 1. The fourth-order valence-corrected chi connectivity index (χ4v) is 5.40. The van der Waals surface area contributed by atoms with Gasteiger partial charge in [-0.2, -0.15) is 0 Å². The Bertz CT molecular complexity index is 850. The number of carbonyl (C=O) groups excluding carboxylic acids is 1. The number of ether oxygens (including phenoxy) is 1. The van der Waals surface area contributed by atoms with Crippen LogP contribution in [0.1, 0.15) is 44.9 Å². The van der Waals surface area contributed by atoms with Crippen molar-refractivity contribution in [2.75, 3.05) is 38.6 Å².